The molecule has 0 spiro atoms. The van der Waals surface area contributed by atoms with Crippen LogP contribution in [0.5, 0.6) is 5.75 Å². The number of carbonyl (C=O) groups excluding carboxylic acids is 1. The second-order valence-corrected chi connectivity index (χ2v) is 10.7. The molecule has 0 heterocycles. The molecule has 3 aromatic rings. The predicted molar refractivity (Wildman–Crippen MR) is 132 cm³/mol. The molecule has 0 aliphatic rings. The lowest BCUT2D eigenvalue weighted by Gasteiger charge is -2.25. The Hall–Kier alpha value is -3.16. The summed E-state index contributed by atoms with van der Waals surface area (Å²) in [6.45, 7) is 7.90. The van der Waals surface area contributed by atoms with Crippen molar-refractivity contribution in [2.75, 3.05) is 0 Å². The lowest BCUT2D eigenvalue weighted by atomic mass is 10.0. The van der Waals surface area contributed by atoms with Crippen molar-refractivity contribution < 1.29 is 22.1 Å². The molecule has 0 radical (unpaired) electrons. The third-order valence-corrected chi connectivity index (χ3v) is 6.23. The highest BCUT2D eigenvalue weighted by Gasteiger charge is 2.25. The van der Waals surface area contributed by atoms with Crippen LogP contribution >= 0.6 is 0 Å². The Morgan fingerprint density at radius 1 is 0.882 bits per heavy atom. The Kier molecular flexibility index (Phi) is 8.12. The van der Waals surface area contributed by atoms with E-state index in [9.17, 15) is 13.2 Å². The van der Waals surface area contributed by atoms with E-state index in [2.05, 4.69) is 5.32 Å². The number of benzene rings is 3. The lowest BCUT2D eigenvalue weighted by molar-refractivity contribution is -0.157. The van der Waals surface area contributed by atoms with Gasteiger partial charge in [0.1, 0.15) is 22.3 Å². The number of aryl methyl sites for hydroxylation is 1. The zero-order chi connectivity index (χ0) is 24.8. The van der Waals surface area contributed by atoms with Crippen LogP contribution in [0.1, 0.15) is 37.5 Å². The van der Waals surface area contributed by atoms with Gasteiger partial charge in [-0.05, 0) is 69.5 Å². The molecule has 0 aliphatic heterocycles. The molecule has 3 aromatic carbocycles. The van der Waals surface area contributed by atoms with E-state index in [0.29, 0.717) is 13.0 Å². The highest BCUT2D eigenvalue weighted by Crippen LogP contribution is 2.21. The summed E-state index contributed by atoms with van der Waals surface area (Å²) in [6, 6.07) is 22.4. The second-order valence-electron chi connectivity index (χ2n) is 9.15. The molecule has 7 heteroatoms. The first-order valence-corrected chi connectivity index (χ1v) is 12.5. The molecular formula is C27H31NO5S. The first-order chi connectivity index (χ1) is 16.0. The zero-order valence-electron chi connectivity index (χ0n) is 19.9. The van der Waals surface area contributed by atoms with Crippen LogP contribution in [0.3, 0.4) is 0 Å². The summed E-state index contributed by atoms with van der Waals surface area (Å²) in [7, 11) is -3.93. The smallest absolute Gasteiger partial charge is 0.339 e. The van der Waals surface area contributed by atoms with Crippen molar-refractivity contribution in [1.29, 1.82) is 0 Å². The fraction of sp³-hybridized carbons (Fsp3) is 0.296. The van der Waals surface area contributed by atoms with Crippen molar-refractivity contribution >= 4 is 16.1 Å². The van der Waals surface area contributed by atoms with Gasteiger partial charge in [-0.15, -0.1) is 0 Å². The monoisotopic (exact) mass is 481 g/mol. The second kappa shape index (κ2) is 10.8. The van der Waals surface area contributed by atoms with E-state index in [1.807, 2.05) is 58.0 Å². The summed E-state index contributed by atoms with van der Waals surface area (Å²) >= 11 is 0. The minimum Gasteiger partial charge on any atom is -0.459 e. The van der Waals surface area contributed by atoms with E-state index >= 15 is 0 Å². The maximum Gasteiger partial charge on any atom is 0.339 e. The predicted octanol–water partition coefficient (Wildman–Crippen LogP) is 4.81. The number of rotatable bonds is 9. The SMILES string of the molecule is Cc1ccc(S(=O)(=O)Oc2ccc(C[C@H](NCc3ccccc3)C(=O)OC(C)(C)C)cc2)cc1. The molecule has 34 heavy (non-hydrogen) atoms. The summed E-state index contributed by atoms with van der Waals surface area (Å²) < 4.78 is 35.9. The fourth-order valence-electron chi connectivity index (χ4n) is 3.25. The van der Waals surface area contributed by atoms with Crippen LogP contribution in [0.4, 0.5) is 0 Å². The number of carbonyl (C=O) groups is 1. The van der Waals surface area contributed by atoms with Gasteiger partial charge in [0.15, 0.2) is 0 Å². The first kappa shape index (κ1) is 25.5. The number of hydrogen-bond acceptors (Lipinski definition) is 6. The topological polar surface area (TPSA) is 81.7 Å². The maximum atomic E-state index is 12.8. The summed E-state index contributed by atoms with van der Waals surface area (Å²) in [6.07, 6.45) is 0.382. The quantitative estimate of drug-likeness (QED) is 0.349. The highest BCUT2D eigenvalue weighted by atomic mass is 32.2. The molecule has 0 saturated carbocycles. The van der Waals surface area contributed by atoms with Crippen LogP contribution in [0.15, 0.2) is 83.8 Å². The Labute approximate surface area is 202 Å². The molecule has 1 atom stereocenters. The molecule has 6 nitrogen and oxygen atoms in total. The molecule has 0 aromatic heterocycles. The third-order valence-electron chi connectivity index (χ3n) is 4.97. The third kappa shape index (κ3) is 7.71. The van der Waals surface area contributed by atoms with Gasteiger partial charge in [0.25, 0.3) is 0 Å². The summed E-state index contributed by atoms with van der Waals surface area (Å²) in [5, 5.41) is 3.28. The van der Waals surface area contributed by atoms with Crippen molar-refractivity contribution in [3.05, 3.63) is 95.6 Å². The first-order valence-electron chi connectivity index (χ1n) is 11.1. The van der Waals surface area contributed by atoms with Crippen LogP contribution in [0.25, 0.3) is 0 Å². The molecule has 1 N–H and O–H groups in total. The van der Waals surface area contributed by atoms with E-state index in [4.69, 9.17) is 8.92 Å². The van der Waals surface area contributed by atoms with Gasteiger partial charge in [0.05, 0.1) is 0 Å². The number of esters is 1. The average molecular weight is 482 g/mol. The van der Waals surface area contributed by atoms with Crippen LogP contribution in [0, 0.1) is 6.92 Å². The standard InChI is InChI=1S/C27H31NO5S/c1-20-10-16-24(17-11-20)34(30,31)33-23-14-12-21(13-15-23)18-25(26(29)32-27(2,3)4)28-19-22-8-6-5-7-9-22/h5-17,25,28H,18-19H2,1-4H3/t25-/m0/s1. The van der Waals surface area contributed by atoms with Crippen LogP contribution in [-0.2, 0) is 32.6 Å². The van der Waals surface area contributed by atoms with Gasteiger partial charge < -0.3 is 14.2 Å². The van der Waals surface area contributed by atoms with Crippen molar-refractivity contribution in [1.82, 2.24) is 5.32 Å². The number of nitrogens with one attached hydrogen (secondary N) is 1. The molecule has 0 fully saturated rings. The molecule has 180 valence electrons. The Morgan fingerprint density at radius 3 is 2.09 bits per heavy atom. The maximum absolute atomic E-state index is 12.8. The van der Waals surface area contributed by atoms with E-state index in [0.717, 1.165) is 16.7 Å². The number of ether oxygens (including phenoxy) is 1. The van der Waals surface area contributed by atoms with Gasteiger partial charge >= 0.3 is 16.1 Å². The van der Waals surface area contributed by atoms with E-state index in [-0.39, 0.29) is 16.6 Å². The molecule has 0 unspecified atom stereocenters. The highest BCUT2D eigenvalue weighted by molar-refractivity contribution is 7.87. The van der Waals surface area contributed by atoms with Gasteiger partial charge in [-0.2, -0.15) is 8.42 Å². The normalized spacial score (nSPS) is 12.7. The Balaban J connectivity index is 1.70. The van der Waals surface area contributed by atoms with Gasteiger partial charge in [0, 0.05) is 6.54 Å². The lowest BCUT2D eigenvalue weighted by Crippen LogP contribution is -2.42. The molecule has 0 bridgehead atoms. The zero-order valence-corrected chi connectivity index (χ0v) is 20.8. The van der Waals surface area contributed by atoms with Crippen molar-refractivity contribution in [2.45, 2.75) is 57.2 Å². The summed E-state index contributed by atoms with van der Waals surface area (Å²) in [4.78, 5) is 12.9. The summed E-state index contributed by atoms with van der Waals surface area (Å²) in [5.74, 6) is -0.138. The molecule has 0 aliphatic carbocycles. The molecule has 0 saturated heterocycles. The van der Waals surface area contributed by atoms with E-state index < -0.39 is 21.8 Å². The summed E-state index contributed by atoms with van der Waals surface area (Å²) in [5.41, 5.74) is 2.26. The van der Waals surface area contributed by atoms with Crippen LogP contribution < -0.4 is 9.50 Å². The van der Waals surface area contributed by atoms with Crippen LogP contribution in [-0.4, -0.2) is 26.0 Å². The molecule has 0 amide bonds. The average Bonchev–Trinajstić information content (AvgIpc) is 2.77. The van der Waals surface area contributed by atoms with Crippen molar-refractivity contribution in [2.24, 2.45) is 0 Å². The van der Waals surface area contributed by atoms with E-state index in [1.165, 1.54) is 12.1 Å². The van der Waals surface area contributed by atoms with Gasteiger partial charge in [0.2, 0.25) is 0 Å². The Morgan fingerprint density at radius 2 is 1.50 bits per heavy atom. The molecular weight excluding hydrogens is 450 g/mol. The molecule has 3 rings (SSSR count). The fourth-order valence-corrected chi connectivity index (χ4v) is 4.18. The minimum atomic E-state index is -3.93. The number of hydrogen-bond donors (Lipinski definition) is 1. The van der Waals surface area contributed by atoms with Gasteiger partial charge in [-0.1, -0.05) is 60.2 Å². The Bertz CT molecular complexity index is 1180. The van der Waals surface area contributed by atoms with E-state index in [1.54, 1.807) is 36.4 Å². The largest absolute Gasteiger partial charge is 0.459 e. The van der Waals surface area contributed by atoms with Crippen molar-refractivity contribution in [3.63, 3.8) is 0 Å². The van der Waals surface area contributed by atoms with Crippen molar-refractivity contribution in [3.8, 4) is 5.75 Å². The minimum absolute atomic E-state index is 0.0947. The van der Waals surface area contributed by atoms with Gasteiger partial charge in [-0.3, -0.25) is 4.79 Å². The van der Waals surface area contributed by atoms with Gasteiger partial charge in [-0.25, -0.2) is 0 Å². The van der Waals surface area contributed by atoms with Crippen LogP contribution in [0.2, 0.25) is 0 Å².